The first-order chi connectivity index (χ1) is 13.1. The maximum atomic E-state index is 12.5. The smallest absolute Gasteiger partial charge is 0.236 e. The first-order valence-electron chi connectivity index (χ1n) is 9.98. The summed E-state index contributed by atoms with van der Waals surface area (Å²) in [5.74, 6) is 0.302. The molecule has 148 valence electrons. The molecule has 2 saturated heterocycles. The van der Waals surface area contributed by atoms with Gasteiger partial charge in [-0.2, -0.15) is 0 Å². The van der Waals surface area contributed by atoms with Crippen LogP contribution in [0.3, 0.4) is 0 Å². The molecule has 2 fully saturated rings. The Morgan fingerprint density at radius 1 is 0.815 bits per heavy atom. The van der Waals surface area contributed by atoms with Crippen molar-refractivity contribution in [2.45, 2.75) is 38.5 Å². The molecular weight excluding hydrogens is 362 g/mol. The van der Waals surface area contributed by atoms with Gasteiger partial charge in [-0.1, -0.05) is 18.9 Å². The standard InChI is InChI=1S/C20H29N3O3S/c24-17(18-6-5-15-27-18)7-8-19(25)23-13-11-21(12-14-23)16-20(26)22-9-3-1-2-4-10-22/h5-6,15H,1-4,7-14,16H2. The summed E-state index contributed by atoms with van der Waals surface area (Å²) < 4.78 is 0. The van der Waals surface area contributed by atoms with Gasteiger partial charge in [0, 0.05) is 52.1 Å². The van der Waals surface area contributed by atoms with E-state index in [1.54, 1.807) is 6.07 Å². The van der Waals surface area contributed by atoms with E-state index in [1.165, 1.54) is 24.2 Å². The lowest BCUT2D eigenvalue weighted by atomic mass is 10.1. The molecule has 0 aromatic carbocycles. The number of likely N-dealkylation sites (tertiary alicyclic amines) is 1. The van der Waals surface area contributed by atoms with Crippen molar-refractivity contribution in [3.8, 4) is 0 Å². The Bertz CT molecular complexity index is 631. The molecule has 2 amide bonds. The number of hydrogen-bond donors (Lipinski definition) is 0. The molecule has 1 aromatic rings. The van der Waals surface area contributed by atoms with Gasteiger partial charge in [0.05, 0.1) is 11.4 Å². The fourth-order valence-corrected chi connectivity index (χ4v) is 4.40. The minimum Gasteiger partial charge on any atom is -0.342 e. The topological polar surface area (TPSA) is 60.9 Å². The van der Waals surface area contributed by atoms with E-state index in [9.17, 15) is 14.4 Å². The second-order valence-electron chi connectivity index (χ2n) is 7.35. The Morgan fingerprint density at radius 3 is 2.11 bits per heavy atom. The Hall–Kier alpha value is -1.73. The van der Waals surface area contributed by atoms with Gasteiger partial charge in [-0.25, -0.2) is 0 Å². The van der Waals surface area contributed by atoms with Crippen molar-refractivity contribution in [3.05, 3.63) is 22.4 Å². The van der Waals surface area contributed by atoms with Crippen LogP contribution in [0.4, 0.5) is 0 Å². The van der Waals surface area contributed by atoms with E-state index in [-0.39, 0.29) is 30.4 Å². The lowest BCUT2D eigenvalue weighted by molar-refractivity contribution is -0.135. The van der Waals surface area contributed by atoms with E-state index in [4.69, 9.17) is 0 Å². The fraction of sp³-hybridized carbons (Fsp3) is 0.650. The lowest BCUT2D eigenvalue weighted by Crippen LogP contribution is -2.51. The van der Waals surface area contributed by atoms with Crippen LogP contribution in [0.15, 0.2) is 17.5 Å². The Balaban J connectivity index is 1.37. The lowest BCUT2D eigenvalue weighted by Gasteiger charge is -2.35. The van der Waals surface area contributed by atoms with E-state index in [2.05, 4.69) is 4.90 Å². The molecule has 3 heterocycles. The summed E-state index contributed by atoms with van der Waals surface area (Å²) in [6.07, 6.45) is 5.20. The van der Waals surface area contributed by atoms with Crippen molar-refractivity contribution in [1.29, 1.82) is 0 Å². The summed E-state index contributed by atoms with van der Waals surface area (Å²) in [5, 5.41) is 1.88. The van der Waals surface area contributed by atoms with Crippen LogP contribution in [0.25, 0.3) is 0 Å². The minimum atomic E-state index is 0.0402. The van der Waals surface area contributed by atoms with E-state index >= 15 is 0 Å². The van der Waals surface area contributed by atoms with Crippen LogP contribution in [-0.4, -0.2) is 78.1 Å². The molecule has 0 atom stereocenters. The molecule has 0 radical (unpaired) electrons. The molecule has 2 aliphatic heterocycles. The van der Waals surface area contributed by atoms with Crippen LogP contribution in [0, 0.1) is 0 Å². The predicted octanol–water partition coefficient (Wildman–Crippen LogP) is 2.26. The summed E-state index contributed by atoms with van der Waals surface area (Å²) >= 11 is 1.42. The molecule has 1 aromatic heterocycles. The second-order valence-corrected chi connectivity index (χ2v) is 8.30. The van der Waals surface area contributed by atoms with Gasteiger partial charge < -0.3 is 9.80 Å². The van der Waals surface area contributed by atoms with Crippen molar-refractivity contribution >= 4 is 28.9 Å². The summed E-state index contributed by atoms with van der Waals surface area (Å²) in [6, 6.07) is 3.66. The molecule has 0 spiro atoms. The maximum absolute atomic E-state index is 12.5. The van der Waals surface area contributed by atoms with Gasteiger partial charge >= 0.3 is 0 Å². The molecular formula is C20H29N3O3S. The third kappa shape index (κ3) is 5.87. The number of ketones is 1. The molecule has 0 N–H and O–H groups in total. The highest BCUT2D eigenvalue weighted by Gasteiger charge is 2.24. The quantitative estimate of drug-likeness (QED) is 0.698. The van der Waals surface area contributed by atoms with Crippen LogP contribution >= 0.6 is 11.3 Å². The highest BCUT2D eigenvalue weighted by atomic mass is 32.1. The number of piperazine rings is 1. The normalized spacial score (nSPS) is 19.0. The van der Waals surface area contributed by atoms with Gasteiger partial charge in [-0.15, -0.1) is 11.3 Å². The number of thiophene rings is 1. The average molecular weight is 392 g/mol. The van der Waals surface area contributed by atoms with Crippen LogP contribution in [0.5, 0.6) is 0 Å². The van der Waals surface area contributed by atoms with Crippen molar-refractivity contribution in [2.24, 2.45) is 0 Å². The highest BCUT2D eigenvalue weighted by molar-refractivity contribution is 7.12. The number of carbonyl (C=O) groups excluding carboxylic acids is 3. The number of amides is 2. The summed E-state index contributed by atoms with van der Waals surface area (Å²) in [7, 11) is 0. The Kier molecular flexibility index (Phi) is 7.41. The van der Waals surface area contributed by atoms with Gasteiger partial charge in [-0.05, 0) is 24.3 Å². The van der Waals surface area contributed by atoms with Gasteiger partial charge in [0.15, 0.2) is 5.78 Å². The molecule has 3 rings (SSSR count). The molecule has 0 unspecified atom stereocenters. The van der Waals surface area contributed by atoms with Crippen molar-refractivity contribution < 1.29 is 14.4 Å². The van der Waals surface area contributed by atoms with E-state index in [0.717, 1.165) is 43.9 Å². The summed E-state index contributed by atoms with van der Waals surface area (Å²) in [5.41, 5.74) is 0. The van der Waals surface area contributed by atoms with Gasteiger partial charge in [-0.3, -0.25) is 19.3 Å². The Labute approximate surface area is 165 Å². The molecule has 2 aliphatic rings. The number of carbonyl (C=O) groups is 3. The predicted molar refractivity (Wildman–Crippen MR) is 106 cm³/mol. The van der Waals surface area contributed by atoms with Crippen LogP contribution in [0.2, 0.25) is 0 Å². The zero-order chi connectivity index (χ0) is 19.1. The summed E-state index contributed by atoms with van der Waals surface area (Å²) in [4.78, 5) is 43.6. The second kappa shape index (κ2) is 9.99. The molecule has 0 aliphatic carbocycles. The number of nitrogens with zero attached hydrogens (tertiary/aromatic N) is 3. The highest BCUT2D eigenvalue weighted by Crippen LogP contribution is 2.14. The Morgan fingerprint density at radius 2 is 1.48 bits per heavy atom. The molecule has 27 heavy (non-hydrogen) atoms. The molecule has 6 nitrogen and oxygen atoms in total. The first-order valence-corrected chi connectivity index (χ1v) is 10.9. The average Bonchev–Trinajstić information content (AvgIpc) is 3.09. The molecule has 0 saturated carbocycles. The largest absolute Gasteiger partial charge is 0.342 e. The van der Waals surface area contributed by atoms with Gasteiger partial charge in [0.25, 0.3) is 0 Å². The maximum Gasteiger partial charge on any atom is 0.236 e. The monoisotopic (exact) mass is 391 g/mol. The van der Waals surface area contributed by atoms with E-state index in [0.29, 0.717) is 19.6 Å². The molecule has 7 heteroatoms. The third-order valence-corrected chi connectivity index (χ3v) is 6.32. The minimum absolute atomic E-state index is 0.0402. The number of hydrogen-bond acceptors (Lipinski definition) is 5. The number of rotatable bonds is 6. The zero-order valence-corrected chi connectivity index (χ0v) is 16.7. The molecule has 0 bridgehead atoms. The zero-order valence-electron chi connectivity index (χ0n) is 15.9. The fourth-order valence-electron chi connectivity index (χ4n) is 3.71. The van der Waals surface area contributed by atoms with Gasteiger partial charge in [0.1, 0.15) is 0 Å². The summed E-state index contributed by atoms with van der Waals surface area (Å²) in [6.45, 7) is 4.96. The SMILES string of the molecule is O=C(CCC(=O)N1CCN(CC(=O)N2CCCCCC2)CC1)c1cccs1. The van der Waals surface area contributed by atoms with Crippen LogP contribution in [0.1, 0.15) is 48.2 Å². The van der Waals surface area contributed by atoms with Crippen molar-refractivity contribution in [2.75, 3.05) is 45.8 Å². The van der Waals surface area contributed by atoms with Crippen molar-refractivity contribution in [1.82, 2.24) is 14.7 Å². The van der Waals surface area contributed by atoms with Crippen LogP contribution in [-0.2, 0) is 9.59 Å². The third-order valence-electron chi connectivity index (χ3n) is 5.40. The van der Waals surface area contributed by atoms with Crippen molar-refractivity contribution in [3.63, 3.8) is 0 Å². The van der Waals surface area contributed by atoms with Gasteiger partial charge in [0.2, 0.25) is 11.8 Å². The first kappa shape index (κ1) is 20.0. The van der Waals surface area contributed by atoms with Crippen LogP contribution < -0.4 is 0 Å². The van der Waals surface area contributed by atoms with E-state index in [1.807, 2.05) is 21.2 Å². The van der Waals surface area contributed by atoms with E-state index < -0.39 is 0 Å². The number of Topliss-reactive ketones (excluding diaryl/α,β-unsaturated/α-hetero) is 1.